The van der Waals surface area contributed by atoms with Gasteiger partial charge in [-0.1, -0.05) is 19.9 Å². The Morgan fingerprint density at radius 3 is 2.91 bits per heavy atom. The Labute approximate surface area is 68.5 Å². The summed E-state index contributed by atoms with van der Waals surface area (Å²) < 4.78 is 0. The van der Waals surface area contributed by atoms with Crippen molar-refractivity contribution in [3.63, 3.8) is 0 Å². The SMILES string of the molecule is C=C(CCC)N1CCC(O)C1. The van der Waals surface area contributed by atoms with Gasteiger partial charge >= 0.3 is 0 Å². The molecule has 1 atom stereocenters. The van der Waals surface area contributed by atoms with Crippen molar-refractivity contribution < 1.29 is 5.11 Å². The first-order valence-corrected chi connectivity index (χ1v) is 4.34. The van der Waals surface area contributed by atoms with Gasteiger partial charge in [0, 0.05) is 18.8 Å². The summed E-state index contributed by atoms with van der Waals surface area (Å²) in [6.07, 6.45) is 2.99. The molecule has 1 aliphatic heterocycles. The molecule has 0 spiro atoms. The molecule has 0 aromatic rings. The maximum atomic E-state index is 9.23. The molecule has 11 heavy (non-hydrogen) atoms. The highest BCUT2D eigenvalue weighted by Gasteiger charge is 2.20. The molecule has 1 N–H and O–H groups in total. The molecule has 0 saturated carbocycles. The van der Waals surface area contributed by atoms with Crippen LogP contribution in [-0.4, -0.2) is 29.2 Å². The Morgan fingerprint density at radius 1 is 1.73 bits per heavy atom. The molecule has 64 valence electrons. The van der Waals surface area contributed by atoms with Crippen LogP contribution >= 0.6 is 0 Å². The van der Waals surface area contributed by atoms with Crippen LogP contribution in [0.15, 0.2) is 12.3 Å². The molecule has 0 aromatic heterocycles. The Morgan fingerprint density at radius 2 is 2.45 bits per heavy atom. The van der Waals surface area contributed by atoms with Gasteiger partial charge < -0.3 is 10.0 Å². The van der Waals surface area contributed by atoms with Crippen LogP contribution in [-0.2, 0) is 0 Å². The molecule has 0 aliphatic carbocycles. The van der Waals surface area contributed by atoms with E-state index in [9.17, 15) is 5.11 Å². The molecule has 1 unspecified atom stereocenters. The highest BCUT2D eigenvalue weighted by Crippen LogP contribution is 2.16. The minimum atomic E-state index is -0.122. The average Bonchev–Trinajstić information content (AvgIpc) is 2.36. The minimum absolute atomic E-state index is 0.122. The van der Waals surface area contributed by atoms with Crippen LogP contribution in [0, 0.1) is 0 Å². The van der Waals surface area contributed by atoms with E-state index >= 15 is 0 Å². The van der Waals surface area contributed by atoms with Crippen LogP contribution in [0.5, 0.6) is 0 Å². The first-order chi connectivity index (χ1) is 5.24. The molecular weight excluding hydrogens is 138 g/mol. The van der Waals surface area contributed by atoms with Crippen molar-refractivity contribution in [2.24, 2.45) is 0 Å². The monoisotopic (exact) mass is 155 g/mol. The lowest BCUT2D eigenvalue weighted by atomic mass is 10.2. The summed E-state index contributed by atoms with van der Waals surface area (Å²) >= 11 is 0. The van der Waals surface area contributed by atoms with Crippen molar-refractivity contribution >= 4 is 0 Å². The highest BCUT2D eigenvalue weighted by molar-refractivity contribution is 4.97. The number of aliphatic hydroxyl groups excluding tert-OH is 1. The van der Waals surface area contributed by atoms with Crippen LogP contribution in [0.1, 0.15) is 26.2 Å². The Bertz CT molecular complexity index is 144. The van der Waals surface area contributed by atoms with Crippen molar-refractivity contribution in [2.75, 3.05) is 13.1 Å². The summed E-state index contributed by atoms with van der Waals surface area (Å²) in [5, 5.41) is 9.23. The van der Waals surface area contributed by atoms with Crippen LogP contribution < -0.4 is 0 Å². The van der Waals surface area contributed by atoms with E-state index in [1.807, 2.05) is 0 Å². The summed E-state index contributed by atoms with van der Waals surface area (Å²) in [5.74, 6) is 0. The normalized spacial score (nSPS) is 24.2. The Hall–Kier alpha value is -0.500. The maximum Gasteiger partial charge on any atom is 0.0731 e. The lowest BCUT2D eigenvalue weighted by Gasteiger charge is -2.19. The molecule has 0 radical (unpaired) electrons. The zero-order valence-electron chi connectivity index (χ0n) is 7.21. The molecule has 1 fully saturated rings. The molecular formula is C9H17NO. The number of nitrogens with zero attached hydrogens (tertiary/aromatic N) is 1. The molecule has 0 amide bonds. The Kier molecular flexibility index (Phi) is 2.94. The van der Waals surface area contributed by atoms with Crippen molar-refractivity contribution in [1.82, 2.24) is 4.90 Å². The molecule has 0 bridgehead atoms. The van der Waals surface area contributed by atoms with Crippen LogP contribution in [0.4, 0.5) is 0 Å². The second-order valence-electron chi connectivity index (χ2n) is 3.20. The van der Waals surface area contributed by atoms with Gasteiger partial charge in [0.1, 0.15) is 0 Å². The van der Waals surface area contributed by atoms with E-state index in [-0.39, 0.29) is 6.10 Å². The second-order valence-corrected chi connectivity index (χ2v) is 3.20. The summed E-state index contributed by atoms with van der Waals surface area (Å²) in [6, 6.07) is 0. The smallest absolute Gasteiger partial charge is 0.0731 e. The van der Waals surface area contributed by atoms with E-state index in [0.29, 0.717) is 0 Å². The standard InChI is InChI=1S/C9H17NO/c1-3-4-8(2)10-6-5-9(11)7-10/h9,11H,2-7H2,1H3. The molecule has 1 saturated heterocycles. The van der Waals surface area contributed by atoms with Crippen LogP contribution in [0.25, 0.3) is 0 Å². The predicted octanol–water partition coefficient (Wildman–Crippen LogP) is 1.37. The quantitative estimate of drug-likeness (QED) is 0.665. The second kappa shape index (κ2) is 3.77. The number of β-amino-alcohol motifs (C(OH)–C–C–N with tert-alkyl or cyclic N) is 1. The summed E-state index contributed by atoms with van der Waals surface area (Å²) in [6.45, 7) is 7.90. The van der Waals surface area contributed by atoms with Crippen molar-refractivity contribution in [3.05, 3.63) is 12.3 Å². The third-order valence-electron chi connectivity index (χ3n) is 2.15. The molecule has 1 heterocycles. The third kappa shape index (κ3) is 2.22. The van der Waals surface area contributed by atoms with E-state index in [0.717, 1.165) is 32.4 Å². The molecule has 1 rings (SSSR count). The zero-order valence-corrected chi connectivity index (χ0v) is 7.21. The van der Waals surface area contributed by atoms with Crippen LogP contribution in [0.3, 0.4) is 0 Å². The van der Waals surface area contributed by atoms with E-state index in [1.54, 1.807) is 0 Å². The molecule has 2 heteroatoms. The fraction of sp³-hybridized carbons (Fsp3) is 0.778. The van der Waals surface area contributed by atoms with Gasteiger partial charge in [-0.25, -0.2) is 0 Å². The third-order valence-corrected chi connectivity index (χ3v) is 2.15. The largest absolute Gasteiger partial charge is 0.391 e. The van der Waals surface area contributed by atoms with E-state index in [2.05, 4.69) is 18.4 Å². The minimum Gasteiger partial charge on any atom is -0.391 e. The van der Waals surface area contributed by atoms with Gasteiger partial charge in [0.2, 0.25) is 0 Å². The topological polar surface area (TPSA) is 23.5 Å². The number of hydrogen-bond donors (Lipinski definition) is 1. The van der Waals surface area contributed by atoms with Crippen molar-refractivity contribution in [2.45, 2.75) is 32.3 Å². The number of aliphatic hydroxyl groups is 1. The Balaban J connectivity index is 2.31. The first-order valence-electron chi connectivity index (χ1n) is 4.34. The maximum absolute atomic E-state index is 9.23. The molecule has 0 aromatic carbocycles. The van der Waals surface area contributed by atoms with Gasteiger partial charge in [-0.3, -0.25) is 0 Å². The van der Waals surface area contributed by atoms with Gasteiger partial charge in [-0.05, 0) is 12.8 Å². The number of allylic oxidation sites excluding steroid dienone is 1. The van der Waals surface area contributed by atoms with Gasteiger partial charge in [0.15, 0.2) is 0 Å². The fourth-order valence-electron chi connectivity index (χ4n) is 1.48. The number of likely N-dealkylation sites (tertiary alicyclic amines) is 1. The van der Waals surface area contributed by atoms with Crippen molar-refractivity contribution in [3.8, 4) is 0 Å². The fourth-order valence-corrected chi connectivity index (χ4v) is 1.48. The van der Waals surface area contributed by atoms with Crippen LogP contribution in [0.2, 0.25) is 0 Å². The van der Waals surface area contributed by atoms with E-state index in [1.165, 1.54) is 5.70 Å². The van der Waals surface area contributed by atoms with Crippen molar-refractivity contribution in [1.29, 1.82) is 0 Å². The zero-order chi connectivity index (χ0) is 8.27. The lowest BCUT2D eigenvalue weighted by molar-refractivity contribution is 0.183. The molecule has 1 aliphatic rings. The predicted molar refractivity (Wildman–Crippen MR) is 46.2 cm³/mol. The summed E-state index contributed by atoms with van der Waals surface area (Å²) in [7, 11) is 0. The average molecular weight is 155 g/mol. The highest BCUT2D eigenvalue weighted by atomic mass is 16.3. The lowest BCUT2D eigenvalue weighted by Crippen LogP contribution is -2.20. The van der Waals surface area contributed by atoms with Gasteiger partial charge in [0.05, 0.1) is 6.10 Å². The van der Waals surface area contributed by atoms with E-state index in [4.69, 9.17) is 0 Å². The number of hydrogen-bond acceptors (Lipinski definition) is 2. The molecule has 2 nitrogen and oxygen atoms in total. The van der Waals surface area contributed by atoms with Gasteiger partial charge in [-0.15, -0.1) is 0 Å². The summed E-state index contributed by atoms with van der Waals surface area (Å²) in [4.78, 5) is 2.19. The first kappa shape index (κ1) is 8.60. The number of rotatable bonds is 3. The van der Waals surface area contributed by atoms with E-state index < -0.39 is 0 Å². The van der Waals surface area contributed by atoms with Gasteiger partial charge in [0.25, 0.3) is 0 Å². The van der Waals surface area contributed by atoms with Gasteiger partial charge in [-0.2, -0.15) is 0 Å². The summed E-state index contributed by atoms with van der Waals surface area (Å²) in [5.41, 5.74) is 1.18.